The van der Waals surface area contributed by atoms with Crippen molar-refractivity contribution in [2.75, 3.05) is 13.1 Å². The summed E-state index contributed by atoms with van der Waals surface area (Å²) in [7, 11) is 0. The van der Waals surface area contributed by atoms with Gasteiger partial charge in [0.25, 0.3) is 0 Å². The average Bonchev–Trinajstić information content (AvgIpc) is 2.79. The Kier molecular flexibility index (Phi) is 5.84. The van der Waals surface area contributed by atoms with Crippen LogP contribution < -0.4 is 5.73 Å². The summed E-state index contributed by atoms with van der Waals surface area (Å²) in [6.07, 6.45) is 0. The van der Waals surface area contributed by atoms with Crippen LogP contribution in [0.5, 0.6) is 0 Å². The number of benzene rings is 1. The lowest BCUT2D eigenvalue weighted by Crippen LogP contribution is -2.33. The van der Waals surface area contributed by atoms with Gasteiger partial charge in [0.15, 0.2) is 4.67 Å². The van der Waals surface area contributed by atoms with Crippen LogP contribution in [0.15, 0.2) is 50.0 Å². The molecule has 5 heteroatoms. The Morgan fingerprint density at radius 2 is 1.95 bits per heavy atom. The summed E-state index contributed by atoms with van der Waals surface area (Å²) < 4.78 is 7.36. The highest BCUT2D eigenvalue weighted by molar-refractivity contribution is 9.13. The molecule has 2 aromatic rings. The number of furan rings is 1. The van der Waals surface area contributed by atoms with E-state index in [1.54, 1.807) is 0 Å². The maximum Gasteiger partial charge on any atom is 0.183 e. The van der Waals surface area contributed by atoms with E-state index in [4.69, 9.17) is 10.2 Å². The van der Waals surface area contributed by atoms with Crippen LogP contribution in [0.4, 0.5) is 0 Å². The third-order valence-corrected chi connectivity index (χ3v) is 5.00. The lowest BCUT2D eigenvalue weighted by atomic mass is 10.1. The minimum atomic E-state index is 0.0720. The quantitative estimate of drug-likeness (QED) is 0.783. The van der Waals surface area contributed by atoms with Crippen LogP contribution in [0, 0.1) is 0 Å². The Bertz CT molecular complexity index is 523. The molecular formula is C15H18Br2N2O. The summed E-state index contributed by atoms with van der Waals surface area (Å²) in [5.74, 6) is 0.879. The zero-order valence-corrected chi connectivity index (χ0v) is 14.5. The van der Waals surface area contributed by atoms with E-state index in [1.807, 2.05) is 12.1 Å². The molecule has 0 bridgehead atoms. The number of nitrogens with zero attached hydrogens (tertiary/aromatic N) is 1. The Morgan fingerprint density at radius 1 is 1.25 bits per heavy atom. The van der Waals surface area contributed by atoms with Gasteiger partial charge in [-0.25, -0.2) is 0 Å². The summed E-state index contributed by atoms with van der Waals surface area (Å²) in [6, 6.07) is 12.5. The van der Waals surface area contributed by atoms with Crippen LogP contribution in [-0.2, 0) is 6.54 Å². The largest absolute Gasteiger partial charge is 0.451 e. The number of hydrogen-bond acceptors (Lipinski definition) is 3. The molecule has 1 aromatic heterocycles. The van der Waals surface area contributed by atoms with Gasteiger partial charge in [0.1, 0.15) is 5.76 Å². The van der Waals surface area contributed by atoms with Gasteiger partial charge in [-0.15, -0.1) is 0 Å². The van der Waals surface area contributed by atoms with Crippen molar-refractivity contribution in [1.82, 2.24) is 4.90 Å². The fourth-order valence-corrected chi connectivity index (χ4v) is 2.84. The van der Waals surface area contributed by atoms with Crippen molar-refractivity contribution in [3.05, 3.63) is 56.9 Å². The minimum absolute atomic E-state index is 0.0720. The predicted molar refractivity (Wildman–Crippen MR) is 88.4 cm³/mol. The molecule has 0 aliphatic carbocycles. The fraction of sp³-hybridized carbons (Fsp3) is 0.333. The monoisotopic (exact) mass is 400 g/mol. The molecule has 0 saturated carbocycles. The second-order valence-electron chi connectivity index (χ2n) is 4.57. The molecule has 1 aromatic carbocycles. The standard InChI is InChI=1S/C15H18Br2N2O/c1-2-19(10-11-6-4-3-5-7-11)13(9-18)14-8-12(16)15(17)20-14/h3-8,13H,2,9-10,18H2,1H3. The molecule has 1 heterocycles. The van der Waals surface area contributed by atoms with E-state index in [1.165, 1.54) is 5.56 Å². The van der Waals surface area contributed by atoms with Crippen LogP contribution in [0.2, 0.25) is 0 Å². The first-order chi connectivity index (χ1) is 9.65. The molecule has 3 nitrogen and oxygen atoms in total. The third kappa shape index (κ3) is 3.73. The molecule has 0 fully saturated rings. The summed E-state index contributed by atoms with van der Waals surface area (Å²) in [4.78, 5) is 2.31. The number of rotatable bonds is 6. The van der Waals surface area contributed by atoms with E-state index in [9.17, 15) is 0 Å². The Balaban J connectivity index is 2.19. The summed E-state index contributed by atoms with van der Waals surface area (Å²) in [5.41, 5.74) is 7.24. The number of hydrogen-bond donors (Lipinski definition) is 1. The third-order valence-electron chi connectivity index (χ3n) is 3.29. The second-order valence-corrected chi connectivity index (χ2v) is 6.15. The van der Waals surface area contributed by atoms with Crippen LogP contribution in [0.25, 0.3) is 0 Å². The maximum absolute atomic E-state index is 5.96. The van der Waals surface area contributed by atoms with Gasteiger partial charge in [0.2, 0.25) is 0 Å². The predicted octanol–water partition coefficient (Wildman–Crippen LogP) is 4.33. The van der Waals surface area contributed by atoms with Gasteiger partial charge in [0, 0.05) is 13.1 Å². The van der Waals surface area contributed by atoms with E-state index >= 15 is 0 Å². The highest BCUT2D eigenvalue weighted by atomic mass is 79.9. The Morgan fingerprint density at radius 3 is 2.45 bits per heavy atom. The number of likely N-dealkylation sites (N-methyl/N-ethyl adjacent to an activating group) is 1. The van der Waals surface area contributed by atoms with Crippen molar-refractivity contribution < 1.29 is 4.42 Å². The second kappa shape index (κ2) is 7.41. The molecule has 0 aliphatic heterocycles. The molecule has 0 radical (unpaired) electrons. The van der Waals surface area contributed by atoms with Gasteiger partial charge < -0.3 is 10.2 Å². The molecule has 0 saturated heterocycles. The van der Waals surface area contributed by atoms with Crippen molar-refractivity contribution in [2.45, 2.75) is 19.5 Å². The summed E-state index contributed by atoms with van der Waals surface area (Å²) >= 11 is 6.83. The van der Waals surface area contributed by atoms with Gasteiger partial charge in [-0.05, 0) is 50.0 Å². The molecule has 108 valence electrons. The first kappa shape index (κ1) is 15.8. The smallest absolute Gasteiger partial charge is 0.183 e. The highest BCUT2D eigenvalue weighted by Gasteiger charge is 2.22. The van der Waals surface area contributed by atoms with Crippen LogP contribution >= 0.6 is 31.9 Å². The van der Waals surface area contributed by atoms with Crippen molar-refractivity contribution >= 4 is 31.9 Å². The zero-order valence-electron chi connectivity index (χ0n) is 11.4. The van der Waals surface area contributed by atoms with Crippen molar-refractivity contribution in [1.29, 1.82) is 0 Å². The zero-order chi connectivity index (χ0) is 14.5. The van der Waals surface area contributed by atoms with Crippen LogP contribution in [0.1, 0.15) is 24.3 Å². The molecule has 2 rings (SSSR count). The number of nitrogens with two attached hydrogens (primary N) is 1. The molecule has 1 unspecified atom stereocenters. The lowest BCUT2D eigenvalue weighted by Gasteiger charge is -2.28. The fourth-order valence-electron chi connectivity index (χ4n) is 2.23. The first-order valence-corrected chi connectivity index (χ1v) is 8.17. The first-order valence-electron chi connectivity index (χ1n) is 6.58. The van der Waals surface area contributed by atoms with Gasteiger partial charge in [-0.3, -0.25) is 4.90 Å². The number of halogens is 2. The van der Waals surface area contributed by atoms with E-state index < -0.39 is 0 Å². The van der Waals surface area contributed by atoms with E-state index in [0.29, 0.717) is 11.2 Å². The van der Waals surface area contributed by atoms with E-state index in [-0.39, 0.29) is 6.04 Å². The molecular weight excluding hydrogens is 384 g/mol. The minimum Gasteiger partial charge on any atom is -0.451 e. The van der Waals surface area contributed by atoms with Crippen molar-refractivity contribution in [3.8, 4) is 0 Å². The Hall–Kier alpha value is -0.620. The van der Waals surface area contributed by atoms with Crippen LogP contribution in [0.3, 0.4) is 0 Å². The topological polar surface area (TPSA) is 42.4 Å². The van der Waals surface area contributed by atoms with Gasteiger partial charge in [-0.2, -0.15) is 0 Å². The lowest BCUT2D eigenvalue weighted by molar-refractivity contribution is 0.178. The molecule has 1 atom stereocenters. The summed E-state index contributed by atoms with van der Waals surface area (Å²) in [6.45, 7) is 4.42. The maximum atomic E-state index is 5.96. The average molecular weight is 402 g/mol. The molecule has 0 aliphatic rings. The van der Waals surface area contributed by atoms with E-state index in [2.05, 4.69) is 67.9 Å². The normalized spacial score (nSPS) is 12.8. The molecule has 0 spiro atoms. The molecule has 20 heavy (non-hydrogen) atoms. The van der Waals surface area contributed by atoms with Gasteiger partial charge in [0.05, 0.1) is 10.5 Å². The Labute approximate surface area is 136 Å². The SMILES string of the molecule is CCN(Cc1ccccc1)C(CN)c1cc(Br)c(Br)o1. The van der Waals surface area contributed by atoms with Crippen molar-refractivity contribution in [3.63, 3.8) is 0 Å². The van der Waals surface area contributed by atoms with Gasteiger partial charge in [-0.1, -0.05) is 37.3 Å². The molecule has 0 amide bonds. The van der Waals surface area contributed by atoms with Crippen LogP contribution in [-0.4, -0.2) is 18.0 Å². The highest BCUT2D eigenvalue weighted by Crippen LogP contribution is 2.32. The summed E-state index contributed by atoms with van der Waals surface area (Å²) in [5, 5.41) is 0. The van der Waals surface area contributed by atoms with E-state index in [0.717, 1.165) is 23.3 Å². The molecule has 2 N–H and O–H groups in total. The van der Waals surface area contributed by atoms with Crippen molar-refractivity contribution in [2.24, 2.45) is 5.73 Å². The van der Waals surface area contributed by atoms with Gasteiger partial charge >= 0.3 is 0 Å².